The zero-order chi connectivity index (χ0) is 13.2. The number of sulfone groups is 1. The smallest absolute Gasteiger partial charge is 0.180 e. The second kappa shape index (κ2) is 5.31. The first-order valence-electron chi connectivity index (χ1n) is 6.63. The average molecular weight is 267 g/mol. The highest BCUT2D eigenvalue weighted by Crippen LogP contribution is 2.32. The van der Waals surface area contributed by atoms with Gasteiger partial charge in [0.2, 0.25) is 0 Å². The lowest BCUT2D eigenvalue weighted by Crippen LogP contribution is -2.31. The zero-order valence-electron chi connectivity index (χ0n) is 11.0. The van der Waals surface area contributed by atoms with Gasteiger partial charge < -0.3 is 5.32 Å². The van der Waals surface area contributed by atoms with E-state index in [2.05, 4.69) is 12.2 Å². The highest BCUT2D eigenvalue weighted by atomic mass is 32.2. The van der Waals surface area contributed by atoms with Crippen molar-refractivity contribution >= 4 is 15.5 Å². The van der Waals surface area contributed by atoms with Crippen LogP contribution in [-0.2, 0) is 9.84 Å². The van der Waals surface area contributed by atoms with E-state index in [9.17, 15) is 8.42 Å². The van der Waals surface area contributed by atoms with E-state index < -0.39 is 9.84 Å². The molecule has 0 aromatic heterocycles. The molecule has 1 aliphatic carbocycles. The molecule has 1 aliphatic rings. The minimum atomic E-state index is -3.15. The Balaban J connectivity index is 2.22. The van der Waals surface area contributed by atoms with Gasteiger partial charge in [-0.15, -0.1) is 0 Å². The van der Waals surface area contributed by atoms with Crippen molar-refractivity contribution in [2.45, 2.75) is 44.0 Å². The summed E-state index contributed by atoms with van der Waals surface area (Å²) < 4.78 is 24.0. The maximum absolute atomic E-state index is 12.0. The Bertz CT molecular complexity index is 506. The summed E-state index contributed by atoms with van der Waals surface area (Å²) in [4.78, 5) is 0.429. The molecule has 0 aliphatic heterocycles. The maximum atomic E-state index is 12.0. The van der Waals surface area contributed by atoms with E-state index in [1.807, 2.05) is 12.1 Å². The standard InChI is InChI=1S/C14H21NO2S/c1-3-18(16,17)14-10-5-4-9-13(14)15-11(2)12-7-6-8-12/h4-5,9-12,15H,3,6-8H2,1-2H3. The summed E-state index contributed by atoms with van der Waals surface area (Å²) in [6.45, 7) is 3.82. The first-order valence-corrected chi connectivity index (χ1v) is 8.28. The largest absolute Gasteiger partial charge is 0.381 e. The Morgan fingerprint density at radius 3 is 2.56 bits per heavy atom. The molecule has 4 heteroatoms. The number of nitrogens with one attached hydrogen (secondary N) is 1. The third-order valence-electron chi connectivity index (χ3n) is 3.84. The van der Waals surface area contributed by atoms with E-state index >= 15 is 0 Å². The normalized spacial score (nSPS) is 18.1. The maximum Gasteiger partial charge on any atom is 0.180 e. The van der Waals surface area contributed by atoms with Crippen molar-refractivity contribution in [3.05, 3.63) is 24.3 Å². The SMILES string of the molecule is CCS(=O)(=O)c1ccccc1NC(C)C1CCC1. The van der Waals surface area contributed by atoms with Gasteiger partial charge in [-0.1, -0.05) is 25.5 Å². The molecular weight excluding hydrogens is 246 g/mol. The van der Waals surface area contributed by atoms with Gasteiger partial charge in [0, 0.05) is 6.04 Å². The summed E-state index contributed by atoms with van der Waals surface area (Å²) in [6, 6.07) is 7.55. The molecule has 1 N–H and O–H groups in total. The molecule has 2 rings (SSSR count). The summed E-state index contributed by atoms with van der Waals surface area (Å²) in [6.07, 6.45) is 3.79. The van der Waals surface area contributed by atoms with E-state index in [1.165, 1.54) is 19.3 Å². The Morgan fingerprint density at radius 1 is 1.33 bits per heavy atom. The molecular formula is C14H21NO2S. The van der Waals surface area contributed by atoms with E-state index in [0.29, 0.717) is 16.9 Å². The Morgan fingerprint density at radius 2 is 2.00 bits per heavy atom. The number of hydrogen-bond acceptors (Lipinski definition) is 3. The van der Waals surface area contributed by atoms with Gasteiger partial charge in [-0.05, 0) is 37.8 Å². The fourth-order valence-electron chi connectivity index (χ4n) is 2.32. The molecule has 1 unspecified atom stereocenters. The Hall–Kier alpha value is -1.03. The molecule has 0 saturated heterocycles. The number of benzene rings is 1. The van der Waals surface area contributed by atoms with Crippen molar-refractivity contribution < 1.29 is 8.42 Å². The quantitative estimate of drug-likeness (QED) is 0.891. The molecule has 18 heavy (non-hydrogen) atoms. The van der Waals surface area contributed by atoms with Crippen LogP contribution in [0.1, 0.15) is 33.1 Å². The fourth-order valence-corrected chi connectivity index (χ4v) is 3.37. The van der Waals surface area contributed by atoms with Gasteiger partial charge in [-0.2, -0.15) is 0 Å². The van der Waals surface area contributed by atoms with Crippen molar-refractivity contribution in [1.82, 2.24) is 0 Å². The van der Waals surface area contributed by atoms with Crippen LogP contribution in [-0.4, -0.2) is 20.2 Å². The molecule has 1 aromatic carbocycles. The Kier molecular flexibility index (Phi) is 3.95. The molecule has 3 nitrogen and oxygen atoms in total. The van der Waals surface area contributed by atoms with E-state index in [4.69, 9.17) is 0 Å². The van der Waals surface area contributed by atoms with Crippen LogP contribution in [0.5, 0.6) is 0 Å². The van der Waals surface area contributed by atoms with Gasteiger partial charge in [-0.25, -0.2) is 8.42 Å². The summed E-state index contributed by atoms with van der Waals surface area (Å²) >= 11 is 0. The van der Waals surface area contributed by atoms with Crippen molar-refractivity contribution in [2.24, 2.45) is 5.92 Å². The summed E-state index contributed by atoms with van der Waals surface area (Å²) in [7, 11) is -3.15. The van der Waals surface area contributed by atoms with Gasteiger partial charge in [-0.3, -0.25) is 0 Å². The minimum Gasteiger partial charge on any atom is -0.381 e. The molecule has 0 heterocycles. The number of rotatable bonds is 5. The van der Waals surface area contributed by atoms with Crippen LogP contribution >= 0.6 is 0 Å². The van der Waals surface area contributed by atoms with Crippen molar-refractivity contribution in [2.75, 3.05) is 11.1 Å². The number of para-hydroxylation sites is 1. The second-order valence-electron chi connectivity index (χ2n) is 5.02. The fraction of sp³-hybridized carbons (Fsp3) is 0.571. The lowest BCUT2D eigenvalue weighted by molar-refractivity contribution is 0.285. The summed E-state index contributed by atoms with van der Waals surface area (Å²) in [5.74, 6) is 0.825. The molecule has 0 bridgehead atoms. The van der Waals surface area contributed by atoms with E-state index in [0.717, 1.165) is 5.69 Å². The summed E-state index contributed by atoms with van der Waals surface area (Å²) in [5.41, 5.74) is 0.749. The monoisotopic (exact) mass is 267 g/mol. The minimum absolute atomic E-state index is 0.142. The van der Waals surface area contributed by atoms with Gasteiger partial charge in [0.1, 0.15) is 0 Å². The predicted octanol–water partition coefficient (Wildman–Crippen LogP) is 3.08. The van der Waals surface area contributed by atoms with Crippen molar-refractivity contribution in [3.63, 3.8) is 0 Å². The average Bonchev–Trinajstić information content (AvgIpc) is 2.27. The molecule has 1 atom stereocenters. The molecule has 0 amide bonds. The van der Waals surface area contributed by atoms with Crippen molar-refractivity contribution in [3.8, 4) is 0 Å². The van der Waals surface area contributed by atoms with Gasteiger partial charge >= 0.3 is 0 Å². The highest BCUT2D eigenvalue weighted by Gasteiger charge is 2.25. The lowest BCUT2D eigenvalue weighted by atomic mass is 9.80. The second-order valence-corrected chi connectivity index (χ2v) is 7.27. The van der Waals surface area contributed by atoms with Gasteiger partial charge in [0.15, 0.2) is 9.84 Å². The Labute approximate surface area is 110 Å². The molecule has 1 saturated carbocycles. The topological polar surface area (TPSA) is 46.2 Å². The lowest BCUT2D eigenvalue weighted by Gasteiger charge is -2.33. The number of anilines is 1. The van der Waals surface area contributed by atoms with E-state index in [1.54, 1.807) is 19.1 Å². The molecule has 100 valence electrons. The molecule has 1 aromatic rings. The summed E-state index contributed by atoms with van der Waals surface area (Å²) in [5, 5.41) is 3.37. The molecule has 0 radical (unpaired) electrons. The third kappa shape index (κ3) is 2.69. The predicted molar refractivity (Wildman–Crippen MR) is 74.6 cm³/mol. The van der Waals surface area contributed by atoms with Crippen LogP contribution in [0.4, 0.5) is 5.69 Å². The van der Waals surface area contributed by atoms with Crippen LogP contribution < -0.4 is 5.32 Å². The van der Waals surface area contributed by atoms with Gasteiger partial charge in [0.05, 0.1) is 16.3 Å². The molecule has 0 spiro atoms. The van der Waals surface area contributed by atoms with Gasteiger partial charge in [0.25, 0.3) is 0 Å². The number of hydrogen-bond donors (Lipinski definition) is 1. The molecule has 1 fully saturated rings. The van der Waals surface area contributed by atoms with Crippen LogP contribution in [0, 0.1) is 5.92 Å². The van der Waals surface area contributed by atoms with Crippen LogP contribution in [0.2, 0.25) is 0 Å². The van der Waals surface area contributed by atoms with E-state index in [-0.39, 0.29) is 5.75 Å². The van der Waals surface area contributed by atoms with Crippen LogP contribution in [0.3, 0.4) is 0 Å². The van der Waals surface area contributed by atoms with Crippen LogP contribution in [0.25, 0.3) is 0 Å². The van der Waals surface area contributed by atoms with Crippen molar-refractivity contribution in [1.29, 1.82) is 0 Å². The zero-order valence-corrected chi connectivity index (χ0v) is 11.8. The first-order chi connectivity index (χ1) is 8.54. The first kappa shape index (κ1) is 13.4. The van der Waals surface area contributed by atoms with Crippen LogP contribution in [0.15, 0.2) is 29.2 Å². The third-order valence-corrected chi connectivity index (χ3v) is 5.63. The highest BCUT2D eigenvalue weighted by molar-refractivity contribution is 7.91.